The number of hydrogen-bond donors (Lipinski definition) is 0. The van der Waals surface area contributed by atoms with Crippen molar-refractivity contribution in [2.75, 3.05) is 0 Å². The standard InChI is InChI=1S/C50H46/c1-5-13-35(14-6-1)43-29-44(36-15-7-2-8-16-36)32-47(31-43)39-23-25-49-41(27-39)21-22-42-28-40(24-26-50(42)49)48-33-45(37-17-9-3-10-18-37)30-46(34-48)38-19-11-4-12-20-38/h1-3,5-11,13-17,19-20,23-26,28-31,34,37,41,44-45H,4,12,18,21-22,27,32-33H2. The minimum Gasteiger partial charge on any atom is -0.0839 e. The Morgan fingerprint density at radius 3 is 2.28 bits per heavy atom. The summed E-state index contributed by atoms with van der Waals surface area (Å²) in [5.41, 5.74) is 17.4. The molecule has 0 fully saturated rings. The second-order valence-electron chi connectivity index (χ2n) is 15.0. The molecule has 0 radical (unpaired) electrons. The summed E-state index contributed by atoms with van der Waals surface area (Å²) in [5, 5.41) is 0. The van der Waals surface area contributed by atoms with E-state index in [-0.39, 0.29) is 0 Å². The van der Waals surface area contributed by atoms with Crippen LogP contribution in [0.25, 0.3) is 16.7 Å². The van der Waals surface area contributed by atoms with Crippen molar-refractivity contribution < 1.29 is 0 Å². The summed E-state index contributed by atoms with van der Waals surface area (Å²) in [6, 6.07) is 29.4. The van der Waals surface area contributed by atoms with Crippen LogP contribution in [0.2, 0.25) is 0 Å². The Balaban J connectivity index is 1.01. The topological polar surface area (TPSA) is 0 Å². The highest BCUT2D eigenvalue weighted by Gasteiger charge is 2.30. The molecule has 9 rings (SSSR count). The maximum absolute atomic E-state index is 2.57. The van der Waals surface area contributed by atoms with Crippen LogP contribution in [0.5, 0.6) is 0 Å². The minimum absolute atomic E-state index is 0.392. The predicted molar refractivity (Wildman–Crippen MR) is 212 cm³/mol. The van der Waals surface area contributed by atoms with Gasteiger partial charge < -0.3 is 0 Å². The van der Waals surface area contributed by atoms with Gasteiger partial charge in [-0.05, 0) is 136 Å². The van der Waals surface area contributed by atoms with Crippen molar-refractivity contribution in [1.29, 1.82) is 0 Å². The lowest BCUT2D eigenvalue weighted by atomic mass is 9.71. The zero-order chi connectivity index (χ0) is 33.3. The molecule has 0 bridgehead atoms. The second kappa shape index (κ2) is 13.8. The molecule has 3 aromatic carbocycles. The molecule has 0 nitrogen and oxygen atoms in total. The van der Waals surface area contributed by atoms with Crippen LogP contribution in [0, 0.1) is 17.8 Å². The highest BCUT2D eigenvalue weighted by Crippen LogP contribution is 2.47. The molecule has 0 saturated carbocycles. The van der Waals surface area contributed by atoms with Gasteiger partial charge in [-0.25, -0.2) is 0 Å². The third-order valence-electron chi connectivity index (χ3n) is 11.9. The first-order valence-electron chi connectivity index (χ1n) is 19.0. The molecule has 0 amide bonds. The first-order valence-corrected chi connectivity index (χ1v) is 19.0. The summed E-state index contributed by atoms with van der Waals surface area (Å²) in [7, 11) is 0. The third kappa shape index (κ3) is 6.29. The average molecular weight is 647 g/mol. The van der Waals surface area contributed by atoms with Crippen molar-refractivity contribution in [2.24, 2.45) is 17.8 Å². The van der Waals surface area contributed by atoms with Crippen LogP contribution in [0.3, 0.4) is 0 Å². The summed E-state index contributed by atoms with van der Waals surface area (Å²) in [5.74, 6) is 2.07. The van der Waals surface area contributed by atoms with E-state index >= 15 is 0 Å². The van der Waals surface area contributed by atoms with E-state index in [1.165, 1.54) is 67.7 Å². The molecule has 4 unspecified atom stereocenters. The van der Waals surface area contributed by atoms with Gasteiger partial charge in [-0.1, -0.05) is 158 Å². The molecule has 0 heterocycles. The maximum Gasteiger partial charge on any atom is 0.00676 e. The Hall–Kier alpha value is -4.94. The first kappa shape index (κ1) is 31.1. The molecule has 6 aliphatic carbocycles. The fraction of sp³-hybridized carbons (Fsp3) is 0.240. The monoisotopic (exact) mass is 646 g/mol. The van der Waals surface area contributed by atoms with Gasteiger partial charge in [0.1, 0.15) is 0 Å². The molecule has 246 valence electrons. The number of hydrogen-bond acceptors (Lipinski definition) is 0. The molecule has 0 spiro atoms. The van der Waals surface area contributed by atoms with Crippen LogP contribution in [0.1, 0.15) is 78.7 Å². The Morgan fingerprint density at radius 1 is 0.600 bits per heavy atom. The van der Waals surface area contributed by atoms with Gasteiger partial charge >= 0.3 is 0 Å². The van der Waals surface area contributed by atoms with Gasteiger partial charge in [-0.15, -0.1) is 0 Å². The van der Waals surface area contributed by atoms with Crippen LogP contribution in [0.15, 0.2) is 180 Å². The summed E-state index contributed by atoms with van der Waals surface area (Å²) in [4.78, 5) is 0. The summed E-state index contributed by atoms with van der Waals surface area (Å²) >= 11 is 0. The zero-order valence-electron chi connectivity index (χ0n) is 29.0. The lowest BCUT2D eigenvalue weighted by molar-refractivity contribution is 0.481. The number of fused-ring (bicyclic) bond motifs is 3. The largest absolute Gasteiger partial charge is 0.0839 e. The van der Waals surface area contributed by atoms with E-state index in [1.54, 1.807) is 5.57 Å². The summed E-state index contributed by atoms with van der Waals surface area (Å²) in [6.45, 7) is 0. The number of benzene rings is 3. The van der Waals surface area contributed by atoms with Gasteiger partial charge in [0.15, 0.2) is 0 Å². The molecule has 4 atom stereocenters. The van der Waals surface area contributed by atoms with Gasteiger partial charge in [0.05, 0.1) is 0 Å². The Morgan fingerprint density at radius 2 is 1.46 bits per heavy atom. The van der Waals surface area contributed by atoms with Crippen molar-refractivity contribution in [3.63, 3.8) is 0 Å². The van der Waals surface area contributed by atoms with Crippen molar-refractivity contribution in [1.82, 2.24) is 0 Å². The minimum atomic E-state index is 0.392. The van der Waals surface area contributed by atoms with Gasteiger partial charge in [0.25, 0.3) is 0 Å². The number of rotatable bonds is 6. The van der Waals surface area contributed by atoms with Crippen LogP contribution in [0.4, 0.5) is 0 Å². The molecule has 0 aromatic heterocycles. The number of aryl methyl sites for hydroxylation is 1. The Kier molecular flexibility index (Phi) is 8.55. The van der Waals surface area contributed by atoms with E-state index in [1.807, 2.05) is 0 Å². The Bertz CT molecular complexity index is 2100. The van der Waals surface area contributed by atoms with E-state index in [9.17, 15) is 0 Å². The normalized spacial score (nSPS) is 25.6. The summed E-state index contributed by atoms with van der Waals surface area (Å²) in [6.07, 6.45) is 40.4. The maximum atomic E-state index is 2.57. The second-order valence-corrected chi connectivity index (χ2v) is 15.0. The molecule has 0 saturated heterocycles. The molecular weight excluding hydrogens is 601 g/mol. The van der Waals surface area contributed by atoms with Crippen LogP contribution in [-0.4, -0.2) is 0 Å². The molecule has 50 heavy (non-hydrogen) atoms. The van der Waals surface area contributed by atoms with E-state index in [0.717, 1.165) is 44.9 Å². The van der Waals surface area contributed by atoms with E-state index in [2.05, 4.69) is 158 Å². The fourth-order valence-corrected chi connectivity index (χ4v) is 9.18. The number of allylic oxidation sites excluding steroid dienone is 20. The lowest BCUT2D eigenvalue weighted by Gasteiger charge is -2.34. The van der Waals surface area contributed by atoms with Crippen molar-refractivity contribution in [3.05, 3.63) is 208 Å². The first-order chi connectivity index (χ1) is 24.7. The molecule has 6 aliphatic rings. The quantitative estimate of drug-likeness (QED) is 0.250. The lowest BCUT2D eigenvalue weighted by Crippen LogP contribution is -2.18. The van der Waals surface area contributed by atoms with E-state index in [0.29, 0.717) is 23.7 Å². The highest BCUT2D eigenvalue weighted by atomic mass is 14.3. The van der Waals surface area contributed by atoms with Crippen molar-refractivity contribution in [3.8, 4) is 0 Å². The molecular formula is C50H46. The van der Waals surface area contributed by atoms with Gasteiger partial charge in [-0.3, -0.25) is 0 Å². The smallest absolute Gasteiger partial charge is 0.00676 e. The van der Waals surface area contributed by atoms with E-state index < -0.39 is 0 Å². The van der Waals surface area contributed by atoms with Gasteiger partial charge in [0, 0.05) is 5.92 Å². The average Bonchev–Trinajstić information content (AvgIpc) is 3.21. The van der Waals surface area contributed by atoms with Crippen molar-refractivity contribution in [2.45, 2.75) is 57.3 Å². The highest BCUT2D eigenvalue weighted by molar-refractivity contribution is 5.81. The SMILES string of the molecule is C1=CCC(C2C=C(C3=CCCC=C3)C=C(c3ccc4c(c3)CCC3CC(C5=CC(c6ccccc6)=CC(c6ccccc6)C5)=CC=C43)C2)C=C1. The van der Waals surface area contributed by atoms with Crippen LogP contribution >= 0.6 is 0 Å². The van der Waals surface area contributed by atoms with E-state index in [4.69, 9.17) is 0 Å². The molecule has 0 aliphatic heterocycles. The van der Waals surface area contributed by atoms with Crippen LogP contribution in [-0.2, 0) is 6.42 Å². The molecule has 0 heteroatoms. The zero-order valence-corrected chi connectivity index (χ0v) is 29.0. The van der Waals surface area contributed by atoms with Gasteiger partial charge in [0.2, 0.25) is 0 Å². The Labute approximate surface area is 298 Å². The van der Waals surface area contributed by atoms with Crippen molar-refractivity contribution >= 4 is 16.7 Å². The molecule has 0 N–H and O–H groups in total. The van der Waals surface area contributed by atoms with Gasteiger partial charge in [-0.2, -0.15) is 0 Å². The fourth-order valence-electron chi connectivity index (χ4n) is 9.18. The third-order valence-corrected chi connectivity index (χ3v) is 11.9. The van der Waals surface area contributed by atoms with Crippen LogP contribution < -0.4 is 0 Å². The molecule has 3 aromatic rings. The summed E-state index contributed by atoms with van der Waals surface area (Å²) < 4.78 is 0. The predicted octanol–water partition coefficient (Wildman–Crippen LogP) is 12.9.